The van der Waals surface area contributed by atoms with Crippen LogP contribution in [0.15, 0.2) is 12.3 Å². The van der Waals surface area contributed by atoms with E-state index in [1.54, 1.807) is 6.20 Å². The van der Waals surface area contributed by atoms with Gasteiger partial charge in [-0.1, -0.05) is 13.3 Å². The van der Waals surface area contributed by atoms with Gasteiger partial charge in [0.15, 0.2) is 5.65 Å². The van der Waals surface area contributed by atoms with Crippen LogP contribution in [-0.2, 0) is 0 Å². The van der Waals surface area contributed by atoms with Gasteiger partial charge < -0.3 is 10.4 Å². The number of pyridine rings is 1. The minimum Gasteiger partial charge on any atom is -0.396 e. The van der Waals surface area contributed by atoms with Gasteiger partial charge in [0.1, 0.15) is 0 Å². The molecule has 0 saturated heterocycles. The number of carbonyl (C=O) groups excluding carboxylic acids is 1. The number of hydrogen-bond donors (Lipinski definition) is 2. The summed E-state index contributed by atoms with van der Waals surface area (Å²) in [5.74, 6) is 0.202. The van der Waals surface area contributed by atoms with Gasteiger partial charge in [0.2, 0.25) is 0 Å². The molecule has 0 fully saturated rings. The SMILES string of the molecule is CCCC(CCO)CNC(=O)c1cc(C)nc2c1cnn2C(C)C. The molecule has 0 bridgehead atoms. The zero-order valence-electron chi connectivity index (χ0n) is 15.0. The van der Waals surface area contributed by atoms with Crippen molar-refractivity contribution in [3.63, 3.8) is 0 Å². The fourth-order valence-corrected chi connectivity index (χ4v) is 2.98. The molecule has 0 saturated carbocycles. The van der Waals surface area contributed by atoms with E-state index in [4.69, 9.17) is 5.11 Å². The van der Waals surface area contributed by atoms with Crippen LogP contribution in [0.2, 0.25) is 0 Å². The molecule has 1 amide bonds. The number of aryl methyl sites for hydroxylation is 1. The van der Waals surface area contributed by atoms with Crippen molar-refractivity contribution in [2.45, 2.75) is 53.0 Å². The third kappa shape index (κ3) is 4.12. The summed E-state index contributed by atoms with van der Waals surface area (Å²) in [6, 6.07) is 2.00. The molecule has 132 valence electrons. The van der Waals surface area contributed by atoms with E-state index in [-0.39, 0.29) is 18.6 Å². The number of nitrogens with one attached hydrogen (secondary N) is 1. The largest absolute Gasteiger partial charge is 0.396 e. The van der Waals surface area contributed by atoms with Crippen LogP contribution in [0.4, 0.5) is 0 Å². The zero-order valence-corrected chi connectivity index (χ0v) is 15.0. The lowest BCUT2D eigenvalue weighted by molar-refractivity contribution is 0.0944. The van der Waals surface area contributed by atoms with E-state index in [1.807, 2.05) is 31.5 Å². The number of amides is 1. The second kappa shape index (κ2) is 8.24. The first-order valence-corrected chi connectivity index (χ1v) is 8.71. The maximum atomic E-state index is 12.7. The molecule has 2 heterocycles. The molecular formula is C18H28N4O2. The number of rotatable bonds is 8. The molecular weight excluding hydrogens is 304 g/mol. The van der Waals surface area contributed by atoms with E-state index in [1.165, 1.54) is 0 Å². The average Bonchev–Trinajstić information content (AvgIpc) is 2.95. The molecule has 0 aromatic carbocycles. The van der Waals surface area contributed by atoms with Crippen LogP contribution in [0.5, 0.6) is 0 Å². The molecule has 1 atom stereocenters. The number of aliphatic hydroxyl groups excluding tert-OH is 1. The second-order valence-electron chi connectivity index (χ2n) is 6.61. The standard InChI is InChI=1S/C18H28N4O2/c1-5-6-14(7-8-23)10-19-18(24)15-9-13(4)21-17-16(15)11-20-22(17)12(2)3/h9,11-12,14,23H,5-8,10H2,1-4H3,(H,19,24). The number of aliphatic hydroxyl groups is 1. The predicted octanol–water partition coefficient (Wildman–Crippen LogP) is 2.85. The van der Waals surface area contributed by atoms with Crippen molar-refractivity contribution in [1.29, 1.82) is 0 Å². The lowest BCUT2D eigenvalue weighted by atomic mass is 10.00. The van der Waals surface area contributed by atoms with Crippen molar-refractivity contribution >= 4 is 16.9 Å². The highest BCUT2D eigenvalue weighted by Gasteiger charge is 2.17. The van der Waals surface area contributed by atoms with Crippen molar-refractivity contribution in [3.8, 4) is 0 Å². The highest BCUT2D eigenvalue weighted by atomic mass is 16.3. The Morgan fingerprint density at radius 1 is 1.38 bits per heavy atom. The van der Waals surface area contributed by atoms with Crippen molar-refractivity contribution in [2.24, 2.45) is 5.92 Å². The first-order valence-electron chi connectivity index (χ1n) is 8.71. The van der Waals surface area contributed by atoms with Gasteiger partial charge in [0.05, 0.1) is 17.1 Å². The van der Waals surface area contributed by atoms with Gasteiger partial charge in [-0.25, -0.2) is 9.67 Å². The highest BCUT2D eigenvalue weighted by molar-refractivity contribution is 6.05. The third-order valence-corrected chi connectivity index (χ3v) is 4.21. The van der Waals surface area contributed by atoms with Crippen molar-refractivity contribution in [2.75, 3.05) is 13.2 Å². The zero-order chi connectivity index (χ0) is 17.7. The average molecular weight is 332 g/mol. The normalized spacial score (nSPS) is 12.8. The Kier molecular flexibility index (Phi) is 6.31. The molecule has 24 heavy (non-hydrogen) atoms. The lowest BCUT2D eigenvalue weighted by Crippen LogP contribution is -2.30. The van der Waals surface area contributed by atoms with Crippen molar-refractivity contribution < 1.29 is 9.90 Å². The Morgan fingerprint density at radius 3 is 2.75 bits per heavy atom. The highest BCUT2D eigenvalue weighted by Crippen LogP contribution is 2.21. The molecule has 2 rings (SSSR count). The molecule has 0 spiro atoms. The van der Waals surface area contributed by atoms with E-state index in [0.29, 0.717) is 24.4 Å². The van der Waals surface area contributed by atoms with Crippen molar-refractivity contribution in [3.05, 3.63) is 23.5 Å². The summed E-state index contributed by atoms with van der Waals surface area (Å²) in [5.41, 5.74) is 2.16. The molecule has 0 aliphatic rings. The Balaban J connectivity index is 2.23. The van der Waals surface area contributed by atoms with E-state index < -0.39 is 0 Å². The second-order valence-corrected chi connectivity index (χ2v) is 6.61. The molecule has 6 nitrogen and oxygen atoms in total. The summed E-state index contributed by atoms with van der Waals surface area (Å²) in [6.45, 7) is 8.82. The van der Waals surface area contributed by atoms with E-state index in [2.05, 4.69) is 22.3 Å². The third-order valence-electron chi connectivity index (χ3n) is 4.21. The molecule has 0 aliphatic carbocycles. The van der Waals surface area contributed by atoms with Gasteiger partial charge in [0, 0.05) is 24.9 Å². The van der Waals surface area contributed by atoms with Crippen LogP contribution in [0.3, 0.4) is 0 Å². The molecule has 2 aromatic heterocycles. The Bertz CT molecular complexity index is 688. The summed E-state index contributed by atoms with van der Waals surface area (Å²) in [5, 5.41) is 17.3. The van der Waals surface area contributed by atoms with E-state index >= 15 is 0 Å². The number of hydrogen-bond acceptors (Lipinski definition) is 4. The molecule has 1 unspecified atom stereocenters. The summed E-state index contributed by atoms with van der Waals surface area (Å²) in [7, 11) is 0. The van der Waals surface area contributed by atoms with Crippen LogP contribution in [-0.4, -0.2) is 38.9 Å². The lowest BCUT2D eigenvalue weighted by Gasteiger charge is -2.16. The Labute approximate surface area is 143 Å². The predicted molar refractivity (Wildman–Crippen MR) is 95.1 cm³/mol. The maximum Gasteiger partial charge on any atom is 0.252 e. The van der Waals surface area contributed by atoms with Crippen LogP contribution in [0, 0.1) is 12.8 Å². The van der Waals surface area contributed by atoms with Gasteiger partial charge in [-0.3, -0.25) is 4.79 Å². The number of fused-ring (bicyclic) bond motifs is 1. The van der Waals surface area contributed by atoms with Gasteiger partial charge in [-0.05, 0) is 45.6 Å². The fraction of sp³-hybridized carbons (Fsp3) is 0.611. The van der Waals surface area contributed by atoms with E-state index in [9.17, 15) is 4.79 Å². The Hall–Kier alpha value is -1.95. The first-order chi connectivity index (χ1) is 11.5. The number of carbonyl (C=O) groups is 1. The quantitative estimate of drug-likeness (QED) is 0.779. The topological polar surface area (TPSA) is 80.0 Å². The minimum absolute atomic E-state index is 0.104. The van der Waals surface area contributed by atoms with E-state index in [0.717, 1.165) is 29.6 Å². The molecule has 2 N–H and O–H groups in total. The minimum atomic E-state index is -0.104. The molecule has 2 aromatic rings. The number of nitrogens with zero attached hydrogens (tertiary/aromatic N) is 3. The van der Waals surface area contributed by atoms with Crippen molar-refractivity contribution in [1.82, 2.24) is 20.1 Å². The molecule has 6 heteroatoms. The maximum absolute atomic E-state index is 12.7. The van der Waals surface area contributed by atoms with Gasteiger partial charge >= 0.3 is 0 Å². The fourth-order valence-electron chi connectivity index (χ4n) is 2.98. The molecule has 0 radical (unpaired) electrons. The van der Waals surface area contributed by atoms with Crippen LogP contribution in [0.25, 0.3) is 11.0 Å². The summed E-state index contributed by atoms with van der Waals surface area (Å²) in [6.07, 6.45) is 4.47. The van der Waals surface area contributed by atoms with Gasteiger partial charge in [-0.2, -0.15) is 5.10 Å². The summed E-state index contributed by atoms with van der Waals surface area (Å²) >= 11 is 0. The smallest absolute Gasteiger partial charge is 0.252 e. The number of aromatic nitrogens is 3. The summed E-state index contributed by atoms with van der Waals surface area (Å²) in [4.78, 5) is 17.2. The molecule has 0 aliphatic heterocycles. The van der Waals surface area contributed by atoms with Crippen LogP contribution < -0.4 is 5.32 Å². The summed E-state index contributed by atoms with van der Waals surface area (Å²) < 4.78 is 1.84. The first kappa shape index (κ1) is 18.4. The van der Waals surface area contributed by atoms with Crippen LogP contribution in [0.1, 0.15) is 62.1 Å². The van der Waals surface area contributed by atoms with Gasteiger partial charge in [0.25, 0.3) is 5.91 Å². The van der Waals surface area contributed by atoms with Gasteiger partial charge in [-0.15, -0.1) is 0 Å². The Morgan fingerprint density at radius 2 is 2.12 bits per heavy atom. The monoisotopic (exact) mass is 332 g/mol. The van der Waals surface area contributed by atoms with Crippen LogP contribution >= 0.6 is 0 Å².